The third-order valence-electron chi connectivity index (χ3n) is 8.46. The number of nitrogens with zero attached hydrogens (tertiary/aromatic N) is 6. The minimum absolute atomic E-state index is 0.478. The Labute approximate surface area is 249 Å². The van der Waals surface area contributed by atoms with Crippen molar-refractivity contribution < 1.29 is 0 Å². The van der Waals surface area contributed by atoms with Crippen LogP contribution in [-0.4, -0.2) is 35.0 Å². The van der Waals surface area contributed by atoms with Crippen molar-refractivity contribution in [1.29, 1.82) is 0 Å². The Morgan fingerprint density at radius 1 is 0.349 bits per heavy atom. The van der Waals surface area contributed by atoms with E-state index < -0.39 is 0 Å². The summed E-state index contributed by atoms with van der Waals surface area (Å²) in [7, 11) is 0. The molecule has 6 bridgehead atoms. The van der Waals surface area contributed by atoms with Crippen LogP contribution >= 0.6 is 11.6 Å². The van der Waals surface area contributed by atoms with E-state index in [1.807, 2.05) is 48.5 Å². The van der Waals surface area contributed by atoms with Crippen molar-refractivity contribution in [3.63, 3.8) is 0 Å². The summed E-state index contributed by atoms with van der Waals surface area (Å²) in [6.07, 6.45) is 0. The molecule has 4 aliphatic rings. The zero-order valence-electron chi connectivity index (χ0n) is 22.4. The Morgan fingerprint density at radius 2 is 0.674 bits per heavy atom. The fourth-order valence-corrected chi connectivity index (χ4v) is 6.74. The third kappa shape index (κ3) is 3.24. The molecule has 0 N–H and O–H groups in total. The summed E-state index contributed by atoms with van der Waals surface area (Å²) in [6, 6.07) is 35.2. The lowest BCUT2D eigenvalue weighted by atomic mass is 10.0. The van der Waals surface area contributed by atoms with Crippen LogP contribution < -0.4 is 0 Å². The van der Waals surface area contributed by atoms with Gasteiger partial charge in [-0.15, -0.1) is 0 Å². The number of halogens is 1. The van der Waals surface area contributed by atoms with Crippen LogP contribution in [0.25, 0.3) is 32.3 Å². The van der Waals surface area contributed by atoms with Gasteiger partial charge in [0.05, 0.1) is 5.02 Å². The van der Waals surface area contributed by atoms with Crippen molar-refractivity contribution in [3.8, 4) is 0 Å². The smallest absolute Gasteiger partial charge is 0.166 e. The molecular formula is C36H17ClN6. The van der Waals surface area contributed by atoms with Gasteiger partial charge in [-0.2, -0.15) is 0 Å². The molecule has 0 amide bonds. The van der Waals surface area contributed by atoms with Gasteiger partial charge in [-0.3, -0.25) is 0 Å². The summed E-state index contributed by atoms with van der Waals surface area (Å²) in [5.74, 6) is 3.22. The maximum Gasteiger partial charge on any atom is 0.166 e. The second-order valence-electron chi connectivity index (χ2n) is 10.9. The van der Waals surface area contributed by atoms with Crippen LogP contribution in [0, 0.1) is 0 Å². The number of amidine groups is 6. The van der Waals surface area contributed by atoms with E-state index >= 15 is 0 Å². The number of fused-ring (bicyclic) bond motifs is 15. The van der Waals surface area contributed by atoms with Crippen LogP contribution in [0.4, 0.5) is 0 Å². The van der Waals surface area contributed by atoms with Crippen molar-refractivity contribution in [2.24, 2.45) is 30.0 Å². The predicted octanol–water partition coefficient (Wildman–Crippen LogP) is 7.73. The van der Waals surface area contributed by atoms with Gasteiger partial charge in [0.15, 0.2) is 35.0 Å². The Bertz CT molecular complexity index is 2500. The molecule has 4 aliphatic heterocycles. The lowest BCUT2D eigenvalue weighted by molar-refractivity contribution is 1.49. The van der Waals surface area contributed by atoms with E-state index in [0.29, 0.717) is 40.0 Å². The first-order chi connectivity index (χ1) is 21.2. The molecule has 0 spiro atoms. The van der Waals surface area contributed by atoms with E-state index in [1.165, 1.54) is 0 Å². The van der Waals surface area contributed by atoms with Crippen LogP contribution in [0.15, 0.2) is 133 Å². The monoisotopic (exact) mass is 568 g/mol. The molecule has 0 saturated heterocycles. The average molecular weight is 569 g/mol. The Hall–Kier alpha value is -5.59. The maximum absolute atomic E-state index is 7.12. The van der Waals surface area contributed by atoms with Crippen LogP contribution in [0.3, 0.4) is 0 Å². The number of benzene rings is 6. The standard InChI is InChI=1S/C36H17ClN6/c37-30-23-12-6-5-11-22(23)17-28-29(30)36-42-34-27-16-21-10-4-3-9-20(21)15-26(27)32(40-34)38-31-24-13-18-7-1-2-8-19(18)14-25(24)33(39-31)41-35(28)43-36/h1-17H. The minimum atomic E-state index is 0.478. The van der Waals surface area contributed by atoms with Crippen molar-refractivity contribution >= 4 is 78.9 Å². The second-order valence-corrected chi connectivity index (χ2v) is 11.3. The maximum atomic E-state index is 7.12. The van der Waals surface area contributed by atoms with E-state index in [9.17, 15) is 0 Å². The largest absolute Gasteiger partial charge is 0.208 e. The van der Waals surface area contributed by atoms with Crippen molar-refractivity contribution in [3.05, 3.63) is 142 Å². The molecule has 0 saturated carbocycles. The van der Waals surface area contributed by atoms with Crippen molar-refractivity contribution in [1.82, 2.24) is 0 Å². The Balaban J connectivity index is 1.32. The fourth-order valence-electron chi connectivity index (χ4n) is 6.38. The first-order valence-electron chi connectivity index (χ1n) is 14.0. The van der Waals surface area contributed by atoms with Gasteiger partial charge in [-0.1, -0.05) is 84.4 Å². The summed E-state index contributed by atoms with van der Waals surface area (Å²) in [6.45, 7) is 0. The predicted molar refractivity (Wildman–Crippen MR) is 176 cm³/mol. The van der Waals surface area contributed by atoms with Crippen molar-refractivity contribution in [2.45, 2.75) is 0 Å². The molecule has 43 heavy (non-hydrogen) atoms. The molecule has 198 valence electrons. The SMILES string of the molecule is Clc1c2c(cc3ccccc13)C1=NC3=NC(=NC4=NC(=NC2=N1)c1cc2ccccc2cc14)c1cc2ccccc2cc13. The zero-order valence-corrected chi connectivity index (χ0v) is 23.1. The molecule has 6 nitrogen and oxygen atoms in total. The molecule has 0 radical (unpaired) electrons. The molecule has 0 aliphatic carbocycles. The topological polar surface area (TPSA) is 74.2 Å². The summed E-state index contributed by atoms with van der Waals surface area (Å²) >= 11 is 7.12. The quantitative estimate of drug-likeness (QED) is 0.180. The molecule has 6 aromatic carbocycles. The Kier molecular flexibility index (Phi) is 4.42. The molecule has 0 atom stereocenters. The van der Waals surface area contributed by atoms with Crippen LogP contribution in [0.2, 0.25) is 5.02 Å². The Morgan fingerprint density at radius 3 is 1.14 bits per heavy atom. The second kappa shape index (κ2) is 8.25. The third-order valence-corrected chi connectivity index (χ3v) is 8.85. The molecular weight excluding hydrogens is 552 g/mol. The van der Waals surface area contributed by atoms with Gasteiger partial charge < -0.3 is 0 Å². The lowest BCUT2D eigenvalue weighted by Crippen LogP contribution is -2.03. The lowest BCUT2D eigenvalue weighted by Gasteiger charge is -2.08. The average Bonchev–Trinajstić information content (AvgIpc) is 3.66. The highest BCUT2D eigenvalue weighted by molar-refractivity contribution is 6.43. The van der Waals surface area contributed by atoms with Gasteiger partial charge in [0.1, 0.15) is 0 Å². The number of hydrogen-bond donors (Lipinski definition) is 0. The molecule has 7 heteroatoms. The first-order valence-corrected chi connectivity index (χ1v) is 14.4. The van der Waals surface area contributed by atoms with Crippen LogP contribution in [0.5, 0.6) is 0 Å². The van der Waals surface area contributed by atoms with Gasteiger partial charge in [-0.05, 0) is 57.3 Å². The number of rotatable bonds is 0. The molecule has 10 rings (SSSR count). The van der Waals surface area contributed by atoms with Crippen LogP contribution in [-0.2, 0) is 0 Å². The first kappa shape index (κ1) is 23.0. The summed E-state index contributed by atoms with van der Waals surface area (Å²) < 4.78 is 0. The van der Waals surface area contributed by atoms with Gasteiger partial charge in [-0.25, -0.2) is 30.0 Å². The molecule has 6 aromatic rings. The van der Waals surface area contributed by atoms with E-state index in [4.69, 9.17) is 41.6 Å². The highest BCUT2D eigenvalue weighted by Crippen LogP contribution is 2.37. The molecule has 0 unspecified atom stereocenters. The molecule has 4 heterocycles. The van der Waals surface area contributed by atoms with E-state index in [1.54, 1.807) is 0 Å². The van der Waals surface area contributed by atoms with E-state index in [-0.39, 0.29) is 0 Å². The highest BCUT2D eigenvalue weighted by Gasteiger charge is 2.32. The van der Waals surface area contributed by atoms with Gasteiger partial charge in [0.2, 0.25) is 0 Å². The number of aliphatic imine (C=N–C) groups is 6. The van der Waals surface area contributed by atoms with Gasteiger partial charge in [0, 0.05) is 38.8 Å². The molecule has 0 aromatic heterocycles. The summed E-state index contributed by atoms with van der Waals surface area (Å²) in [4.78, 5) is 30.2. The fraction of sp³-hybridized carbons (Fsp3) is 0. The van der Waals surface area contributed by atoms with E-state index in [2.05, 4.69) is 54.6 Å². The number of hydrogen-bond acceptors (Lipinski definition) is 6. The summed E-state index contributed by atoms with van der Waals surface area (Å²) in [5.41, 5.74) is 5.17. The van der Waals surface area contributed by atoms with Crippen molar-refractivity contribution in [2.75, 3.05) is 0 Å². The normalized spacial score (nSPS) is 15.9. The zero-order chi connectivity index (χ0) is 28.2. The highest BCUT2D eigenvalue weighted by atomic mass is 35.5. The minimum Gasteiger partial charge on any atom is -0.208 e. The van der Waals surface area contributed by atoms with Gasteiger partial charge >= 0.3 is 0 Å². The molecule has 0 fully saturated rings. The summed E-state index contributed by atoms with van der Waals surface area (Å²) in [5, 5.41) is 6.94. The van der Waals surface area contributed by atoms with Crippen LogP contribution in [0.1, 0.15) is 33.4 Å². The van der Waals surface area contributed by atoms with E-state index in [0.717, 1.165) is 65.7 Å². The van der Waals surface area contributed by atoms with Gasteiger partial charge in [0.25, 0.3) is 0 Å².